The number of nitriles is 1. The summed E-state index contributed by atoms with van der Waals surface area (Å²) >= 11 is 6.53. The van der Waals surface area contributed by atoms with Gasteiger partial charge < -0.3 is 19.3 Å². The highest BCUT2D eigenvalue weighted by Crippen LogP contribution is 2.46. The van der Waals surface area contributed by atoms with Crippen molar-refractivity contribution in [1.82, 2.24) is 19.4 Å². The Kier molecular flexibility index (Phi) is 7.50. The lowest BCUT2D eigenvalue weighted by Crippen LogP contribution is -2.50. The van der Waals surface area contributed by atoms with Crippen LogP contribution in [0, 0.1) is 24.2 Å². The maximum absolute atomic E-state index is 14.2. The lowest BCUT2D eigenvalue weighted by Gasteiger charge is -2.38. The van der Waals surface area contributed by atoms with E-state index in [-0.39, 0.29) is 36.0 Å². The average Bonchev–Trinajstić information content (AvgIpc) is 3.76. The van der Waals surface area contributed by atoms with Gasteiger partial charge in [0.05, 0.1) is 23.2 Å². The molecule has 0 radical (unpaired) electrons. The van der Waals surface area contributed by atoms with Crippen molar-refractivity contribution in [3.63, 3.8) is 0 Å². The number of aryl methyl sites for hydroxylation is 1. The summed E-state index contributed by atoms with van der Waals surface area (Å²) in [5.41, 5.74) is 3.97. The number of carbonyl (C=O) groups excluding carboxylic acids is 3. The van der Waals surface area contributed by atoms with E-state index in [9.17, 15) is 14.4 Å². The zero-order chi connectivity index (χ0) is 29.5. The first kappa shape index (κ1) is 28.0. The molecule has 1 aliphatic carbocycles. The Balaban J connectivity index is 1.26. The number of hydrogen-bond donors (Lipinski definition) is 0. The van der Waals surface area contributed by atoms with Gasteiger partial charge in [-0.25, -0.2) is 4.98 Å². The monoisotopic (exact) mass is 584 g/mol. The first-order valence-electron chi connectivity index (χ1n) is 14.4. The second-order valence-corrected chi connectivity index (χ2v) is 12.0. The molecule has 3 fully saturated rings. The largest absolute Gasteiger partial charge is 0.353 e. The smallest absolute Gasteiger partial charge is 0.256 e. The Morgan fingerprint density at radius 1 is 1.12 bits per heavy atom. The average molecular weight is 585 g/mol. The van der Waals surface area contributed by atoms with Gasteiger partial charge in [0, 0.05) is 79.8 Å². The van der Waals surface area contributed by atoms with Crippen LogP contribution in [0.25, 0.3) is 10.9 Å². The molecule has 2 aliphatic heterocycles. The molecule has 4 heterocycles. The molecule has 2 saturated heterocycles. The van der Waals surface area contributed by atoms with E-state index in [2.05, 4.69) is 27.1 Å². The normalized spacial score (nSPS) is 17.2. The third-order valence-corrected chi connectivity index (χ3v) is 8.81. The van der Waals surface area contributed by atoms with Crippen LogP contribution in [0.15, 0.2) is 43.1 Å². The van der Waals surface area contributed by atoms with E-state index in [1.54, 1.807) is 17.2 Å². The molecule has 3 aliphatic rings. The SMILES string of the molecule is C=CC(=O)N1CC(CC(=O)Cn2c(C3CC3)c(C(=O)N3CCN(c4ccc(C#N)cn4)CC3)c3cc(Cl)cc(C)c32)C1. The zero-order valence-corrected chi connectivity index (χ0v) is 24.4. The number of Topliss-reactive ketones (excluding diaryl/α,β-unsaturated/α-hetero) is 1. The molecule has 0 spiro atoms. The third kappa shape index (κ3) is 5.27. The third-order valence-electron chi connectivity index (χ3n) is 8.59. The Bertz CT molecular complexity index is 1620. The molecule has 3 aromatic rings. The van der Waals surface area contributed by atoms with Crippen LogP contribution < -0.4 is 4.90 Å². The molecule has 216 valence electrons. The number of likely N-dealkylation sites (tertiary alicyclic amines) is 1. The second-order valence-electron chi connectivity index (χ2n) is 11.6. The fourth-order valence-electron chi connectivity index (χ4n) is 6.35. The molecular formula is C32H33ClN6O3. The van der Waals surface area contributed by atoms with Crippen molar-refractivity contribution in [3.8, 4) is 6.07 Å². The van der Waals surface area contributed by atoms with Crippen LogP contribution in [0.4, 0.5) is 5.82 Å². The number of aromatic nitrogens is 2. The number of hydrogen-bond acceptors (Lipinski definition) is 6. The van der Waals surface area contributed by atoms with Gasteiger partial charge >= 0.3 is 0 Å². The van der Waals surface area contributed by atoms with Gasteiger partial charge in [-0.2, -0.15) is 5.26 Å². The summed E-state index contributed by atoms with van der Waals surface area (Å²) in [6, 6.07) is 9.45. The summed E-state index contributed by atoms with van der Waals surface area (Å²) in [5, 5.41) is 10.4. The fraction of sp³-hybridized carbons (Fsp3) is 0.406. The van der Waals surface area contributed by atoms with Crippen LogP contribution >= 0.6 is 11.6 Å². The van der Waals surface area contributed by atoms with E-state index >= 15 is 0 Å². The van der Waals surface area contributed by atoms with Crippen molar-refractivity contribution in [3.05, 3.63) is 70.5 Å². The van der Waals surface area contributed by atoms with Gasteiger partial charge in [0.25, 0.3) is 5.91 Å². The van der Waals surface area contributed by atoms with Crippen molar-refractivity contribution in [2.45, 2.75) is 38.6 Å². The number of benzene rings is 1. The molecule has 0 N–H and O–H groups in total. The van der Waals surface area contributed by atoms with Gasteiger partial charge in [-0.15, -0.1) is 0 Å². The standard InChI is InChI=1S/C32H33ClN6O3/c1-3-28(41)38-17-22(18-38)13-25(40)19-39-30-20(2)12-24(33)14-26(30)29(31(39)23-5-6-23)32(42)37-10-8-36(9-11-37)27-7-4-21(15-34)16-35-27/h3-4,7,12,14,16,22-23H,1,5-6,8-11,13,17-19H2,2H3. The van der Waals surface area contributed by atoms with E-state index in [1.165, 1.54) is 6.08 Å². The van der Waals surface area contributed by atoms with E-state index < -0.39 is 0 Å². The van der Waals surface area contributed by atoms with Gasteiger partial charge in [-0.05, 0) is 55.7 Å². The van der Waals surface area contributed by atoms with Crippen LogP contribution in [0.5, 0.6) is 0 Å². The molecule has 2 aromatic heterocycles. The topological polar surface area (TPSA) is 103 Å². The second kappa shape index (κ2) is 11.3. The number of anilines is 1. The predicted octanol–water partition coefficient (Wildman–Crippen LogP) is 4.31. The maximum Gasteiger partial charge on any atom is 0.256 e. The van der Waals surface area contributed by atoms with Crippen LogP contribution in [0.1, 0.15) is 52.4 Å². The van der Waals surface area contributed by atoms with Crippen molar-refractivity contribution in [2.24, 2.45) is 5.92 Å². The quantitative estimate of drug-likeness (QED) is 0.366. The number of fused-ring (bicyclic) bond motifs is 1. The van der Waals surface area contributed by atoms with Crippen LogP contribution in [-0.4, -0.2) is 76.2 Å². The number of amides is 2. The number of pyridine rings is 1. The highest BCUT2D eigenvalue weighted by atomic mass is 35.5. The number of halogens is 1. The zero-order valence-electron chi connectivity index (χ0n) is 23.7. The summed E-state index contributed by atoms with van der Waals surface area (Å²) in [6.07, 6.45) is 5.24. The van der Waals surface area contributed by atoms with E-state index in [0.717, 1.165) is 40.8 Å². The first-order chi connectivity index (χ1) is 20.3. The minimum Gasteiger partial charge on any atom is -0.353 e. The molecule has 0 bridgehead atoms. The first-order valence-corrected chi connectivity index (χ1v) is 14.8. The number of rotatable bonds is 8. The molecule has 42 heavy (non-hydrogen) atoms. The van der Waals surface area contributed by atoms with Crippen molar-refractivity contribution in [2.75, 3.05) is 44.2 Å². The summed E-state index contributed by atoms with van der Waals surface area (Å²) in [6.45, 7) is 9.20. The summed E-state index contributed by atoms with van der Waals surface area (Å²) in [5.74, 6) is 1.14. The molecule has 6 rings (SSSR count). The molecule has 1 saturated carbocycles. The molecule has 0 unspecified atom stereocenters. The Hall–Kier alpha value is -4.16. The Morgan fingerprint density at radius 3 is 2.48 bits per heavy atom. The van der Waals surface area contributed by atoms with E-state index in [0.29, 0.717) is 61.8 Å². The Morgan fingerprint density at radius 2 is 1.86 bits per heavy atom. The highest BCUT2D eigenvalue weighted by molar-refractivity contribution is 6.31. The molecule has 2 amide bonds. The fourth-order valence-corrected chi connectivity index (χ4v) is 6.63. The molecule has 0 atom stereocenters. The minimum atomic E-state index is -0.101. The van der Waals surface area contributed by atoms with Crippen molar-refractivity contribution in [1.29, 1.82) is 5.26 Å². The lowest BCUT2D eigenvalue weighted by atomic mass is 9.94. The van der Waals surface area contributed by atoms with Crippen LogP contribution in [0.3, 0.4) is 0 Å². The highest BCUT2D eigenvalue weighted by Gasteiger charge is 2.38. The van der Waals surface area contributed by atoms with Crippen molar-refractivity contribution >= 4 is 45.9 Å². The van der Waals surface area contributed by atoms with Gasteiger partial charge in [0.2, 0.25) is 5.91 Å². The molecule has 1 aromatic carbocycles. The van der Waals surface area contributed by atoms with Crippen LogP contribution in [-0.2, 0) is 16.1 Å². The van der Waals surface area contributed by atoms with Gasteiger partial charge in [-0.3, -0.25) is 14.4 Å². The Labute approximate surface area is 249 Å². The van der Waals surface area contributed by atoms with Gasteiger partial charge in [-0.1, -0.05) is 18.2 Å². The van der Waals surface area contributed by atoms with E-state index in [4.69, 9.17) is 16.9 Å². The summed E-state index contributed by atoms with van der Waals surface area (Å²) < 4.78 is 2.08. The van der Waals surface area contributed by atoms with Crippen LogP contribution in [0.2, 0.25) is 5.02 Å². The number of ketones is 1. The lowest BCUT2D eigenvalue weighted by molar-refractivity contribution is -0.134. The van der Waals surface area contributed by atoms with Gasteiger partial charge in [0.15, 0.2) is 5.78 Å². The summed E-state index contributed by atoms with van der Waals surface area (Å²) in [4.78, 5) is 49.6. The molecular weight excluding hydrogens is 552 g/mol. The molecule has 10 heteroatoms. The number of nitrogens with zero attached hydrogens (tertiary/aromatic N) is 6. The summed E-state index contributed by atoms with van der Waals surface area (Å²) in [7, 11) is 0. The molecule has 9 nitrogen and oxygen atoms in total. The minimum absolute atomic E-state index is 0.0280. The number of piperazine rings is 1. The van der Waals surface area contributed by atoms with Crippen molar-refractivity contribution < 1.29 is 14.4 Å². The maximum atomic E-state index is 14.2. The predicted molar refractivity (Wildman–Crippen MR) is 161 cm³/mol. The van der Waals surface area contributed by atoms with Gasteiger partial charge in [0.1, 0.15) is 11.9 Å². The van der Waals surface area contributed by atoms with E-state index in [1.807, 2.05) is 30.0 Å². The number of carbonyl (C=O) groups is 3.